The molecule has 130 valence electrons. The van der Waals surface area contributed by atoms with Crippen LogP contribution >= 0.6 is 0 Å². The van der Waals surface area contributed by atoms with Crippen LogP contribution in [0.25, 0.3) is 28.0 Å². The molecule has 0 spiro atoms. The summed E-state index contributed by atoms with van der Waals surface area (Å²) in [4.78, 5) is 21.7. The maximum absolute atomic E-state index is 12.7. The molecule has 3 aromatic heterocycles. The minimum atomic E-state index is -0.176. The first kappa shape index (κ1) is 16.2. The highest BCUT2D eigenvalue weighted by molar-refractivity contribution is 5.81. The van der Waals surface area contributed by atoms with Gasteiger partial charge in [-0.05, 0) is 24.6 Å². The molecule has 0 aliphatic carbocycles. The number of methoxy groups -OCH3 is 1. The van der Waals surface area contributed by atoms with Crippen LogP contribution in [0.2, 0.25) is 0 Å². The van der Waals surface area contributed by atoms with Crippen molar-refractivity contribution in [2.24, 2.45) is 0 Å². The number of rotatable bonds is 4. The van der Waals surface area contributed by atoms with Crippen LogP contribution in [0.5, 0.6) is 0 Å². The van der Waals surface area contributed by atoms with Gasteiger partial charge in [0.25, 0.3) is 5.56 Å². The van der Waals surface area contributed by atoms with Crippen molar-refractivity contribution >= 4 is 5.65 Å². The highest BCUT2D eigenvalue weighted by Crippen LogP contribution is 2.28. The van der Waals surface area contributed by atoms with Crippen LogP contribution < -0.4 is 5.56 Å². The fraction of sp³-hybridized carbons (Fsp3) is 0.150. The van der Waals surface area contributed by atoms with E-state index in [9.17, 15) is 4.79 Å². The predicted molar refractivity (Wildman–Crippen MR) is 99.9 cm³/mol. The Labute approximate surface area is 150 Å². The van der Waals surface area contributed by atoms with E-state index in [-0.39, 0.29) is 5.56 Å². The summed E-state index contributed by atoms with van der Waals surface area (Å²) in [5.41, 5.74) is 5.38. The van der Waals surface area contributed by atoms with E-state index in [4.69, 9.17) is 9.72 Å². The molecule has 3 heterocycles. The summed E-state index contributed by atoms with van der Waals surface area (Å²) in [5, 5.41) is 3.12. The van der Waals surface area contributed by atoms with Gasteiger partial charge in [-0.1, -0.05) is 30.3 Å². The van der Waals surface area contributed by atoms with Crippen molar-refractivity contribution in [2.45, 2.75) is 13.5 Å². The molecule has 0 aliphatic heterocycles. The number of H-pyrrole nitrogens is 1. The quantitative estimate of drug-likeness (QED) is 0.616. The molecule has 0 unspecified atom stereocenters. The largest absolute Gasteiger partial charge is 0.378 e. The molecular weight excluding hydrogens is 328 g/mol. The minimum Gasteiger partial charge on any atom is -0.378 e. The Morgan fingerprint density at radius 1 is 1.12 bits per heavy atom. The molecule has 0 saturated carbocycles. The lowest BCUT2D eigenvalue weighted by Crippen LogP contribution is -2.14. The molecule has 4 aromatic rings. The molecule has 0 amide bonds. The molecule has 0 atom stereocenters. The van der Waals surface area contributed by atoms with E-state index in [0.717, 1.165) is 28.1 Å². The number of aryl methyl sites for hydroxylation is 1. The van der Waals surface area contributed by atoms with E-state index in [1.54, 1.807) is 13.3 Å². The molecule has 0 fully saturated rings. The van der Waals surface area contributed by atoms with Crippen molar-refractivity contribution in [1.29, 1.82) is 0 Å². The molecule has 1 N–H and O–H groups in total. The molecule has 0 radical (unpaired) electrons. The number of hydrogen-bond donors (Lipinski definition) is 1. The van der Waals surface area contributed by atoms with E-state index in [1.807, 2.05) is 49.4 Å². The van der Waals surface area contributed by atoms with E-state index < -0.39 is 0 Å². The third-order valence-corrected chi connectivity index (χ3v) is 4.25. The van der Waals surface area contributed by atoms with Gasteiger partial charge in [-0.3, -0.25) is 14.9 Å². The van der Waals surface area contributed by atoms with Crippen LogP contribution in [0.15, 0.2) is 59.5 Å². The normalized spacial score (nSPS) is 11.2. The monoisotopic (exact) mass is 346 g/mol. The number of fused-ring (bicyclic) bond motifs is 1. The van der Waals surface area contributed by atoms with Gasteiger partial charge in [-0.25, -0.2) is 9.50 Å². The molecule has 0 saturated heterocycles. The van der Waals surface area contributed by atoms with E-state index in [2.05, 4.69) is 10.1 Å². The Balaban J connectivity index is 2.00. The summed E-state index contributed by atoms with van der Waals surface area (Å²) < 4.78 is 6.76. The van der Waals surface area contributed by atoms with E-state index in [1.165, 1.54) is 10.6 Å². The summed E-state index contributed by atoms with van der Waals surface area (Å²) in [5.74, 6) is 0. The zero-order valence-electron chi connectivity index (χ0n) is 14.6. The first-order valence-corrected chi connectivity index (χ1v) is 8.29. The van der Waals surface area contributed by atoms with E-state index in [0.29, 0.717) is 17.9 Å². The summed E-state index contributed by atoms with van der Waals surface area (Å²) in [6, 6.07) is 15.2. The third-order valence-electron chi connectivity index (χ3n) is 4.25. The van der Waals surface area contributed by atoms with Gasteiger partial charge in [0.1, 0.15) is 0 Å². The maximum atomic E-state index is 12.7. The number of ether oxygens (including phenoxy) is 1. The summed E-state index contributed by atoms with van der Waals surface area (Å²) >= 11 is 0. The van der Waals surface area contributed by atoms with Gasteiger partial charge in [0.05, 0.1) is 18.0 Å². The molecule has 26 heavy (non-hydrogen) atoms. The highest BCUT2D eigenvalue weighted by atomic mass is 16.5. The second-order valence-corrected chi connectivity index (χ2v) is 6.09. The molecular formula is C20H18N4O2. The van der Waals surface area contributed by atoms with Crippen molar-refractivity contribution in [3.63, 3.8) is 0 Å². The minimum absolute atomic E-state index is 0.176. The van der Waals surface area contributed by atoms with Crippen LogP contribution in [0.3, 0.4) is 0 Å². The standard InChI is InChI=1S/C20H18N4O2/c1-13-8-9-15(11-21-13)16-10-18(25)24-20(22-16)19(17(23-24)12-26-2)14-6-4-3-5-7-14/h3-11,23H,12H2,1-2H3. The average molecular weight is 346 g/mol. The number of hydrogen-bond acceptors (Lipinski definition) is 4. The van der Waals surface area contributed by atoms with E-state index >= 15 is 0 Å². The Hall–Kier alpha value is -3.25. The number of nitrogens with one attached hydrogen (secondary N) is 1. The number of benzene rings is 1. The molecule has 0 aliphatic rings. The van der Waals surface area contributed by atoms with Gasteiger partial charge in [0.15, 0.2) is 5.65 Å². The van der Waals surface area contributed by atoms with Crippen molar-refractivity contribution in [3.8, 4) is 22.4 Å². The molecule has 6 nitrogen and oxygen atoms in total. The molecule has 4 rings (SSSR count). The fourth-order valence-corrected chi connectivity index (χ4v) is 3.01. The number of aromatic amines is 1. The highest BCUT2D eigenvalue weighted by Gasteiger charge is 2.17. The summed E-state index contributed by atoms with van der Waals surface area (Å²) in [7, 11) is 1.62. The Morgan fingerprint density at radius 3 is 2.62 bits per heavy atom. The Morgan fingerprint density at radius 2 is 1.92 bits per heavy atom. The zero-order chi connectivity index (χ0) is 18.1. The molecule has 0 bridgehead atoms. The van der Waals surface area contributed by atoms with Crippen LogP contribution in [0, 0.1) is 6.92 Å². The summed E-state index contributed by atoms with van der Waals surface area (Å²) in [6.45, 7) is 2.28. The fourth-order valence-electron chi connectivity index (χ4n) is 3.01. The van der Waals surface area contributed by atoms with Crippen LogP contribution in [-0.4, -0.2) is 26.7 Å². The van der Waals surface area contributed by atoms with Crippen LogP contribution in [0.4, 0.5) is 0 Å². The van der Waals surface area contributed by atoms with Crippen LogP contribution in [-0.2, 0) is 11.3 Å². The number of pyridine rings is 1. The lowest BCUT2D eigenvalue weighted by molar-refractivity contribution is 0.181. The third kappa shape index (κ3) is 2.80. The molecule has 1 aromatic carbocycles. The topological polar surface area (TPSA) is 72.3 Å². The van der Waals surface area contributed by atoms with Crippen LogP contribution in [0.1, 0.15) is 11.4 Å². The van der Waals surface area contributed by atoms with Crippen molar-refractivity contribution < 1.29 is 4.74 Å². The number of nitrogens with zero attached hydrogens (tertiary/aromatic N) is 3. The SMILES string of the molecule is COCc1[nH]n2c(=O)cc(-c3ccc(C)nc3)nc2c1-c1ccccc1. The lowest BCUT2D eigenvalue weighted by atomic mass is 10.1. The Bertz CT molecular complexity index is 1110. The smallest absolute Gasteiger partial charge is 0.273 e. The van der Waals surface area contributed by atoms with Gasteiger partial charge in [0, 0.05) is 36.2 Å². The van der Waals surface area contributed by atoms with Gasteiger partial charge in [-0.15, -0.1) is 0 Å². The van der Waals surface area contributed by atoms with Gasteiger partial charge in [-0.2, -0.15) is 0 Å². The van der Waals surface area contributed by atoms with Gasteiger partial charge < -0.3 is 4.74 Å². The Kier molecular flexibility index (Phi) is 4.10. The van der Waals surface area contributed by atoms with Crippen molar-refractivity contribution in [2.75, 3.05) is 7.11 Å². The second kappa shape index (κ2) is 6.57. The predicted octanol–water partition coefficient (Wildman–Crippen LogP) is 3.21. The maximum Gasteiger partial charge on any atom is 0.273 e. The van der Waals surface area contributed by atoms with Crippen molar-refractivity contribution in [1.82, 2.24) is 19.6 Å². The zero-order valence-corrected chi connectivity index (χ0v) is 14.6. The molecule has 6 heteroatoms. The summed E-state index contributed by atoms with van der Waals surface area (Å²) in [6.07, 6.45) is 1.73. The first-order valence-electron chi connectivity index (χ1n) is 8.29. The van der Waals surface area contributed by atoms with Gasteiger partial charge >= 0.3 is 0 Å². The number of aromatic nitrogens is 4. The first-order chi connectivity index (χ1) is 12.7. The van der Waals surface area contributed by atoms with Crippen molar-refractivity contribution in [3.05, 3.63) is 76.5 Å². The lowest BCUT2D eigenvalue weighted by Gasteiger charge is -2.04. The van der Waals surface area contributed by atoms with Gasteiger partial charge in [0.2, 0.25) is 0 Å². The second-order valence-electron chi connectivity index (χ2n) is 6.09. The average Bonchev–Trinajstić information content (AvgIpc) is 3.02.